The molecule has 1 unspecified atom stereocenters. The number of rotatable bonds is 6. The van der Waals surface area contributed by atoms with Crippen LogP contribution in [-0.2, 0) is 12.8 Å². The minimum Gasteiger partial charge on any atom is -0.457 e. The van der Waals surface area contributed by atoms with Crippen LogP contribution in [0.4, 0.5) is 16.2 Å². The number of ether oxygens (including phenoxy) is 1. The highest BCUT2D eigenvalue weighted by Crippen LogP contribution is 2.33. The molecule has 1 atom stereocenters. The van der Waals surface area contributed by atoms with E-state index in [2.05, 4.69) is 29.6 Å². The van der Waals surface area contributed by atoms with Crippen molar-refractivity contribution in [2.75, 3.05) is 31.3 Å². The molecule has 32 heavy (non-hydrogen) atoms. The van der Waals surface area contributed by atoms with Crippen LogP contribution in [0.15, 0.2) is 66.7 Å². The first-order valence-electron chi connectivity index (χ1n) is 10.8. The minimum atomic E-state index is -0.329. The van der Waals surface area contributed by atoms with Crippen molar-refractivity contribution in [3.05, 3.63) is 82.9 Å². The Morgan fingerprint density at radius 3 is 2.44 bits per heavy atom. The van der Waals surface area contributed by atoms with Crippen molar-refractivity contribution < 1.29 is 9.53 Å². The molecule has 5 nitrogen and oxygen atoms in total. The number of carbonyl (C=O) groups excluding carboxylic acids is 1. The van der Waals surface area contributed by atoms with E-state index in [4.69, 9.17) is 16.3 Å². The smallest absolute Gasteiger partial charge is 0.323 e. The third kappa shape index (κ3) is 5.81. The molecular weight excluding hydrogens is 422 g/mol. The number of carbonyl (C=O) groups is 1. The Balaban J connectivity index is 1.36. The minimum absolute atomic E-state index is 0.329. The van der Waals surface area contributed by atoms with Gasteiger partial charge in [0.1, 0.15) is 11.5 Å². The second kappa shape index (κ2) is 10.1. The van der Waals surface area contributed by atoms with Gasteiger partial charge in [-0.2, -0.15) is 0 Å². The van der Waals surface area contributed by atoms with Gasteiger partial charge in [-0.05, 0) is 98.9 Å². The molecule has 3 aromatic rings. The van der Waals surface area contributed by atoms with Crippen molar-refractivity contribution >= 4 is 29.0 Å². The molecule has 166 valence electrons. The molecule has 0 spiro atoms. The van der Waals surface area contributed by atoms with Crippen LogP contribution in [0.5, 0.6) is 11.5 Å². The first kappa shape index (κ1) is 22.2. The Morgan fingerprint density at radius 2 is 1.72 bits per heavy atom. The number of benzene rings is 3. The number of anilines is 2. The van der Waals surface area contributed by atoms with Gasteiger partial charge in [0.15, 0.2) is 0 Å². The Kier molecular flexibility index (Phi) is 6.98. The number of para-hydroxylation sites is 1. The van der Waals surface area contributed by atoms with Crippen LogP contribution in [0.3, 0.4) is 0 Å². The highest BCUT2D eigenvalue weighted by Gasteiger charge is 2.21. The second-order valence-electron chi connectivity index (χ2n) is 8.49. The predicted molar refractivity (Wildman–Crippen MR) is 131 cm³/mol. The van der Waals surface area contributed by atoms with Crippen LogP contribution in [0.25, 0.3) is 0 Å². The summed E-state index contributed by atoms with van der Waals surface area (Å²) in [6, 6.07) is 20.5. The summed E-state index contributed by atoms with van der Waals surface area (Å²) in [4.78, 5) is 14.8. The summed E-state index contributed by atoms with van der Waals surface area (Å²) < 4.78 is 5.78. The van der Waals surface area contributed by atoms with Gasteiger partial charge >= 0.3 is 6.03 Å². The molecule has 0 radical (unpaired) electrons. The van der Waals surface area contributed by atoms with E-state index in [0.29, 0.717) is 28.1 Å². The van der Waals surface area contributed by atoms with E-state index < -0.39 is 0 Å². The van der Waals surface area contributed by atoms with Crippen molar-refractivity contribution in [2.24, 2.45) is 5.92 Å². The number of nitrogens with zero attached hydrogens (tertiary/aromatic N) is 1. The Morgan fingerprint density at radius 1 is 1.00 bits per heavy atom. The number of hydrogen-bond donors (Lipinski definition) is 2. The number of halogens is 1. The highest BCUT2D eigenvalue weighted by molar-refractivity contribution is 6.34. The average Bonchev–Trinajstić information content (AvgIpc) is 2.76. The quantitative estimate of drug-likeness (QED) is 0.455. The Labute approximate surface area is 194 Å². The molecule has 2 amide bonds. The van der Waals surface area contributed by atoms with Gasteiger partial charge in [0, 0.05) is 12.2 Å². The van der Waals surface area contributed by atoms with E-state index in [9.17, 15) is 4.79 Å². The number of amides is 2. The van der Waals surface area contributed by atoms with E-state index >= 15 is 0 Å². The standard InChI is InChI=1S/C26H28ClN3O2/c1-30(2)17-18-8-9-19-16-25(24(27)15-20(19)14-18)29-26(31)28-21-10-12-23(13-11-21)32-22-6-4-3-5-7-22/h3-7,10-13,15-16,18H,8-9,14,17H2,1-2H3,(H2,28,29,31). The summed E-state index contributed by atoms with van der Waals surface area (Å²) in [6.07, 6.45) is 3.18. The van der Waals surface area contributed by atoms with Crippen molar-refractivity contribution in [2.45, 2.75) is 19.3 Å². The zero-order chi connectivity index (χ0) is 22.5. The van der Waals surface area contributed by atoms with Crippen LogP contribution >= 0.6 is 11.6 Å². The lowest BCUT2D eigenvalue weighted by Crippen LogP contribution is -2.26. The third-order valence-corrected chi connectivity index (χ3v) is 5.90. The normalized spacial score (nSPS) is 15.2. The SMILES string of the molecule is CN(C)CC1CCc2cc(NC(=O)Nc3ccc(Oc4ccccc4)cc3)c(Cl)cc2C1. The lowest BCUT2D eigenvalue weighted by molar-refractivity contribution is 0.262. The van der Waals surface area contributed by atoms with Gasteiger partial charge in [0.25, 0.3) is 0 Å². The van der Waals surface area contributed by atoms with Crippen LogP contribution < -0.4 is 15.4 Å². The predicted octanol–water partition coefficient (Wildman–Crippen LogP) is 6.44. The molecule has 4 rings (SSSR count). The lowest BCUT2D eigenvalue weighted by atomic mass is 9.83. The fraction of sp³-hybridized carbons (Fsp3) is 0.269. The van der Waals surface area contributed by atoms with Crippen LogP contribution in [0, 0.1) is 5.92 Å². The molecule has 2 N–H and O–H groups in total. The summed E-state index contributed by atoms with van der Waals surface area (Å²) in [5, 5.41) is 6.30. The number of nitrogens with one attached hydrogen (secondary N) is 2. The molecular formula is C26H28ClN3O2. The zero-order valence-corrected chi connectivity index (χ0v) is 19.2. The van der Waals surface area contributed by atoms with Gasteiger partial charge in [0.2, 0.25) is 0 Å². The third-order valence-electron chi connectivity index (χ3n) is 5.58. The van der Waals surface area contributed by atoms with Gasteiger partial charge in [-0.1, -0.05) is 29.8 Å². The molecule has 0 aliphatic heterocycles. The molecule has 3 aromatic carbocycles. The molecule has 6 heteroatoms. The summed E-state index contributed by atoms with van der Waals surface area (Å²) in [5.74, 6) is 2.11. The number of hydrogen-bond acceptors (Lipinski definition) is 3. The maximum absolute atomic E-state index is 12.5. The van der Waals surface area contributed by atoms with Crippen LogP contribution in [-0.4, -0.2) is 31.6 Å². The number of urea groups is 1. The van der Waals surface area contributed by atoms with Gasteiger partial charge in [-0.25, -0.2) is 4.79 Å². The average molecular weight is 450 g/mol. The van der Waals surface area contributed by atoms with Gasteiger partial charge in [-0.15, -0.1) is 0 Å². The maximum atomic E-state index is 12.5. The van der Waals surface area contributed by atoms with E-state index in [1.807, 2.05) is 54.6 Å². The summed E-state index contributed by atoms with van der Waals surface area (Å²) in [6.45, 7) is 1.08. The molecule has 0 saturated carbocycles. The molecule has 0 aromatic heterocycles. The highest BCUT2D eigenvalue weighted by atomic mass is 35.5. The van der Waals surface area contributed by atoms with E-state index in [0.717, 1.165) is 31.6 Å². The fourth-order valence-corrected chi connectivity index (χ4v) is 4.37. The molecule has 0 fully saturated rings. The van der Waals surface area contributed by atoms with Crippen LogP contribution in [0.1, 0.15) is 17.5 Å². The van der Waals surface area contributed by atoms with Gasteiger partial charge in [-0.3, -0.25) is 0 Å². The summed E-state index contributed by atoms with van der Waals surface area (Å²) in [7, 11) is 4.22. The van der Waals surface area contributed by atoms with Crippen LogP contribution in [0.2, 0.25) is 5.02 Å². The molecule has 0 bridgehead atoms. The van der Waals surface area contributed by atoms with Crippen molar-refractivity contribution in [1.29, 1.82) is 0 Å². The topological polar surface area (TPSA) is 53.6 Å². The fourth-order valence-electron chi connectivity index (χ4n) is 4.14. The first-order valence-corrected chi connectivity index (χ1v) is 11.2. The number of fused-ring (bicyclic) bond motifs is 1. The second-order valence-corrected chi connectivity index (χ2v) is 8.90. The van der Waals surface area contributed by atoms with Crippen molar-refractivity contribution in [3.8, 4) is 11.5 Å². The first-order chi connectivity index (χ1) is 15.5. The Hall–Kier alpha value is -3.02. The monoisotopic (exact) mass is 449 g/mol. The van der Waals surface area contributed by atoms with E-state index in [1.54, 1.807) is 12.1 Å². The largest absolute Gasteiger partial charge is 0.457 e. The van der Waals surface area contributed by atoms with E-state index in [1.165, 1.54) is 11.1 Å². The van der Waals surface area contributed by atoms with Crippen molar-refractivity contribution in [3.63, 3.8) is 0 Å². The lowest BCUT2D eigenvalue weighted by Gasteiger charge is -2.27. The maximum Gasteiger partial charge on any atom is 0.323 e. The number of aryl methyl sites for hydroxylation is 1. The molecule has 1 aliphatic rings. The molecule has 0 saturated heterocycles. The van der Waals surface area contributed by atoms with Gasteiger partial charge < -0.3 is 20.3 Å². The zero-order valence-electron chi connectivity index (χ0n) is 18.4. The van der Waals surface area contributed by atoms with Gasteiger partial charge in [0.05, 0.1) is 10.7 Å². The summed E-state index contributed by atoms with van der Waals surface area (Å²) in [5.41, 5.74) is 3.86. The van der Waals surface area contributed by atoms with E-state index in [-0.39, 0.29) is 6.03 Å². The Bertz CT molecular complexity index is 1070. The van der Waals surface area contributed by atoms with Crippen molar-refractivity contribution in [1.82, 2.24) is 4.90 Å². The molecule has 1 aliphatic carbocycles. The molecule has 0 heterocycles. The summed E-state index contributed by atoms with van der Waals surface area (Å²) >= 11 is 6.49.